The molecule has 32 heavy (non-hydrogen) atoms. The molecule has 0 aliphatic carbocycles. The minimum Gasteiger partial charge on any atom is -0.497 e. The van der Waals surface area contributed by atoms with Gasteiger partial charge in [0, 0.05) is 16.7 Å². The summed E-state index contributed by atoms with van der Waals surface area (Å²) in [5, 5.41) is 0. The number of Topliss-reactive ketones (excluding diaryl/α,β-unsaturated/α-hetero) is 1. The summed E-state index contributed by atoms with van der Waals surface area (Å²) in [7, 11) is 4.79. The van der Waals surface area contributed by atoms with Crippen molar-refractivity contribution >= 4 is 11.9 Å². The quantitative estimate of drug-likeness (QED) is 0.477. The van der Waals surface area contributed by atoms with E-state index in [-0.39, 0.29) is 11.5 Å². The number of ether oxygens (including phenoxy) is 5. The number of allylic oxidation sites excluding steroid dienone is 1. The number of hydrogen-bond acceptors (Lipinski definition) is 6. The molecule has 0 saturated carbocycles. The Kier molecular flexibility index (Phi) is 6.03. The van der Waals surface area contributed by atoms with Gasteiger partial charge in [-0.25, -0.2) is 0 Å². The van der Waals surface area contributed by atoms with Gasteiger partial charge in [0.25, 0.3) is 0 Å². The van der Waals surface area contributed by atoms with Crippen LogP contribution in [0.25, 0.3) is 6.08 Å². The highest BCUT2D eigenvalue weighted by Crippen LogP contribution is 2.40. The van der Waals surface area contributed by atoms with Gasteiger partial charge in [0.2, 0.25) is 5.78 Å². The van der Waals surface area contributed by atoms with E-state index in [1.54, 1.807) is 57.7 Å². The summed E-state index contributed by atoms with van der Waals surface area (Å²) in [6, 6.07) is 16.6. The number of ketones is 1. The largest absolute Gasteiger partial charge is 0.497 e. The molecule has 0 fully saturated rings. The Balaban J connectivity index is 1.61. The third-order valence-electron chi connectivity index (χ3n) is 5.34. The lowest BCUT2D eigenvalue weighted by atomic mass is 10.1. The van der Waals surface area contributed by atoms with E-state index in [1.807, 2.05) is 31.2 Å². The molecule has 0 saturated heterocycles. The second-order valence-electron chi connectivity index (χ2n) is 7.21. The zero-order chi connectivity index (χ0) is 22.7. The molecule has 164 valence electrons. The lowest BCUT2D eigenvalue weighted by molar-refractivity contribution is 0.101. The molecule has 6 heteroatoms. The second-order valence-corrected chi connectivity index (χ2v) is 7.21. The first-order valence-corrected chi connectivity index (χ1v) is 10.1. The van der Waals surface area contributed by atoms with Crippen LogP contribution in [-0.4, -0.2) is 27.1 Å². The van der Waals surface area contributed by atoms with Crippen LogP contribution in [0, 0.1) is 6.92 Å². The Bertz CT molecular complexity index is 1190. The summed E-state index contributed by atoms with van der Waals surface area (Å²) in [6.45, 7) is 2.21. The van der Waals surface area contributed by atoms with Gasteiger partial charge in [-0.2, -0.15) is 0 Å². The molecule has 0 unspecified atom stereocenters. The fraction of sp³-hybridized carbons (Fsp3) is 0.192. The average Bonchev–Trinajstić information content (AvgIpc) is 3.14. The third-order valence-corrected chi connectivity index (χ3v) is 5.34. The van der Waals surface area contributed by atoms with E-state index in [1.165, 1.54) is 0 Å². The summed E-state index contributed by atoms with van der Waals surface area (Å²) < 4.78 is 28.1. The van der Waals surface area contributed by atoms with Crippen molar-refractivity contribution in [3.63, 3.8) is 0 Å². The molecule has 0 amide bonds. The predicted molar refractivity (Wildman–Crippen MR) is 121 cm³/mol. The zero-order valence-electron chi connectivity index (χ0n) is 18.4. The highest BCUT2D eigenvalue weighted by molar-refractivity contribution is 6.15. The van der Waals surface area contributed by atoms with Gasteiger partial charge in [-0.3, -0.25) is 4.79 Å². The van der Waals surface area contributed by atoms with Crippen molar-refractivity contribution in [2.24, 2.45) is 0 Å². The van der Waals surface area contributed by atoms with Crippen LogP contribution in [0.1, 0.15) is 27.0 Å². The highest BCUT2D eigenvalue weighted by Gasteiger charge is 2.30. The molecule has 1 aliphatic rings. The van der Waals surface area contributed by atoms with E-state index in [2.05, 4.69) is 0 Å². The number of hydrogen-bond donors (Lipinski definition) is 0. The van der Waals surface area contributed by atoms with Crippen LogP contribution in [0.3, 0.4) is 0 Å². The Morgan fingerprint density at radius 3 is 2.38 bits per heavy atom. The molecule has 0 radical (unpaired) electrons. The molecule has 4 rings (SSSR count). The molecule has 0 atom stereocenters. The molecule has 0 N–H and O–H groups in total. The summed E-state index contributed by atoms with van der Waals surface area (Å²) in [4.78, 5) is 13.0. The van der Waals surface area contributed by atoms with E-state index >= 15 is 0 Å². The smallest absolute Gasteiger partial charge is 0.231 e. The molecule has 6 nitrogen and oxygen atoms in total. The Labute approximate surface area is 186 Å². The highest BCUT2D eigenvalue weighted by atomic mass is 16.5. The average molecular weight is 432 g/mol. The first-order chi connectivity index (χ1) is 15.5. The lowest BCUT2D eigenvalue weighted by Gasteiger charge is -2.13. The van der Waals surface area contributed by atoms with Crippen LogP contribution < -0.4 is 23.7 Å². The van der Waals surface area contributed by atoms with Crippen molar-refractivity contribution in [1.82, 2.24) is 0 Å². The lowest BCUT2D eigenvalue weighted by Crippen LogP contribution is -2.00. The molecule has 3 aromatic carbocycles. The Morgan fingerprint density at radius 1 is 0.875 bits per heavy atom. The normalized spacial score (nSPS) is 13.5. The summed E-state index contributed by atoms with van der Waals surface area (Å²) in [6.07, 6.45) is 1.67. The maximum absolute atomic E-state index is 13.0. The van der Waals surface area contributed by atoms with Crippen molar-refractivity contribution in [2.45, 2.75) is 13.5 Å². The van der Waals surface area contributed by atoms with Crippen LogP contribution in [0.4, 0.5) is 0 Å². The molecular weight excluding hydrogens is 408 g/mol. The SMILES string of the molecule is COc1ccc(OC)c(/C=C2\Oc3c(ccc(OCc4ccccc4OC)c3C)C2=O)c1. The van der Waals surface area contributed by atoms with E-state index in [0.717, 1.165) is 16.9 Å². The fourth-order valence-corrected chi connectivity index (χ4v) is 3.60. The van der Waals surface area contributed by atoms with Crippen LogP contribution in [0.5, 0.6) is 28.7 Å². The number of para-hydroxylation sites is 1. The van der Waals surface area contributed by atoms with Crippen LogP contribution in [-0.2, 0) is 6.61 Å². The van der Waals surface area contributed by atoms with Gasteiger partial charge >= 0.3 is 0 Å². The number of methoxy groups -OCH3 is 3. The summed E-state index contributed by atoms with van der Waals surface area (Å²) in [5.74, 6) is 3.20. The van der Waals surface area contributed by atoms with Crippen molar-refractivity contribution in [3.8, 4) is 28.7 Å². The van der Waals surface area contributed by atoms with E-state index < -0.39 is 0 Å². The molecule has 3 aromatic rings. The minimum atomic E-state index is -0.191. The number of fused-ring (bicyclic) bond motifs is 1. The molecule has 1 aliphatic heterocycles. The van der Waals surface area contributed by atoms with Crippen LogP contribution in [0.2, 0.25) is 0 Å². The number of carbonyl (C=O) groups is 1. The predicted octanol–water partition coefficient (Wildman–Crippen LogP) is 5.22. The Morgan fingerprint density at radius 2 is 1.62 bits per heavy atom. The molecular formula is C26H24O6. The Hall–Kier alpha value is -3.93. The zero-order valence-corrected chi connectivity index (χ0v) is 18.4. The van der Waals surface area contributed by atoms with Crippen molar-refractivity contribution in [2.75, 3.05) is 21.3 Å². The number of carbonyl (C=O) groups excluding carboxylic acids is 1. The second kappa shape index (κ2) is 9.06. The molecule has 0 bridgehead atoms. The van der Waals surface area contributed by atoms with Gasteiger partial charge in [-0.05, 0) is 49.4 Å². The van der Waals surface area contributed by atoms with Crippen LogP contribution in [0.15, 0.2) is 60.4 Å². The topological polar surface area (TPSA) is 63.2 Å². The molecule has 0 aromatic heterocycles. The maximum Gasteiger partial charge on any atom is 0.231 e. The minimum absolute atomic E-state index is 0.191. The first kappa shape index (κ1) is 21.3. The number of benzene rings is 3. The number of rotatable bonds is 7. The van der Waals surface area contributed by atoms with Gasteiger partial charge in [-0.15, -0.1) is 0 Å². The van der Waals surface area contributed by atoms with Crippen molar-refractivity contribution < 1.29 is 28.5 Å². The van der Waals surface area contributed by atoms with E-state index in [0.29, 0.717) is 40.7 Å². The van der Waals surface area contributed by atoms with Gasteiger partial charge in [0.15, 0.2) is 5.76 Å². The van der Waals surface area contributed by atoms with Gasteiger partial charge in [0.1, 0.15) is 35.4 Å². The van der Waals surface area contributed by atoms with Crippen molar-refractivity contribution in [3.05, 3.63) is 82.6 Å². The van der Waals surface area contributed by atoms with Gasteiger partial charge < -0.3 is 23.7 Å². The summed E-state index contributed by atoms with van der Waals surface area (Å²) >= 11 is 0. The third kappa shape index (κ3) is 3.99. The van der Waals surface area contributed by atoms with E-state index in [9.17, 15) is 4.79 Å². The van der Waals surface area contributed by atoms with Gasteiger partial charge in [-0.1, -0.05) is 18.2 Å². The standard InChI is InChI=1S/C26H24O6/c1-16-21(31-15-17-7-5-6-8-22(17)29-3)12-10-20-25(27)24(32-26(16)20)14-18-13-19(28-2)9-11-23(18)30-4/h5-14H,15H2,1-4H3/b24-14-. The van der Waals surface area contributed by atoms with Gasteiger partial charge in [0.05, 0.1) is 26.9 Å². The molecule has 1 heterocycles. The van der Waals surface area contributed by atoms with Crippen molar-refractivity contribution in [1.29, 1.82) is 0 Å². The first-order valence-electron chi connectivity index (χ1n) is 10.1. The van der Waals surface area contributed by atoms with Crippen LogP contribution >= 0.6 is 0 Å². The summed E-state index contributed by atoms with van der Waals surface area (Å²) in [5.41, 5.74) is 2.87. The maximum atomic E-state index is 13.0. The monoisotopic (exact) mass is 432 g/mol. The fourth-order valence-electron chi connectivity index (χ4n) is 3.60. The molecule has 0 spiro atoms. The van der Waals surface area contributed by atoms with E-state index in [4.69, 9.17) is 23.7 Å².